The van der Waals surface area contributed by atoms with E-state index >= 15 is 0 Å². The average Bonchev–Trinajstić information content (AvgIpc) is 2.61. The van der Waals surface area contributed by atoms with Gasteiger partial charge in [0, 0.05) is 5.92 Å². The quantitative estimate of drug-likeness (QED) is 0.596. The van der Waals surface area contributed by atoms with Gasteiger partial charge in [0.25, 0.3) is 20.2 Å². The molecule has 2 atom stereocenters. The lowest BCUT2D eigenvalue weighted by Gasteiger charge is -2.25. The largest absolute Gasteiger partial charge is 0.297 e. The SMILES string of the molecule is Cc1ccc(S(=O)(=O)OC(C)C(C)C(C)OS(=O)(=O)c2ccc(C)cc2)cc1. The van der Waals surface area contributed by atoms with Crippen LogP contribution in [-0.4, -0.2) is 29.0 Å². The Labute approximate surface area is 167 Å². The van der Waals surface area contributed by atoms with Crippen LogP contribution in [0, 0.1) is 19.8 Å². The molecular formula is C20H26O6S2. The lowest BCUT2D eigenvalue weighted by atomic mass is 10.0. The highest BCUT2D eigenvalue weighted by atomic mass is 32.2. The Balaban J connectivity index is 2.08. The van der Waals surface area contributed by atoms with Gasteiger partial charge >= 0.3 is 0 Å². The molecule has 0 radical (unpaired) electrons. The van der Waals surface area contributed by atoms with E-state index in [-0.39, 0.29) is 9.79 Å². The van der Waals surface area contributed by atoms with Crippen molar-refractivity contribution in [2.24, 2.45) is 5.92 Å². The van der Waals surface area contributed by atoms with Crippen molar-refractivity contribution < 1.29 is 25.2 Å². The first-order valence-corrected chi connectivity index (χ1v) is 11.7. The summed E-state index contributed by atoms with van der Waals surface area (Å²) in [6.07, 6.45) is -1.57. The van der Waals surface area contributed by atoms with Crippen molar-refractivity contribution in [3.63, 3.8) is 0 Å². The molecule has 0 heterocycles. The van der Waals surface area contributed by atoms with Gasteiger partial charge in [-0.15, -0.1) is 0 Å². The van der Waals surface area contributed by atoms with Crippen molar-refractivity contribution in [2.75, 3.05) is 0 Å². The molecule has 2 unspecified atom stereocenters. The Morgan fingerprint density at radius 2 is 0.893 bits per heavy atom. The molecule has 2 rings (SSSR count). The Morgan fingerprint density at radius 3 is 1.18 bits per heavy atom. The molecule has 0 aliphatic rings. The van der Waals surface area contributed by atoms with Gasteiger partial charge in [-0.2, -0.15) is 16.8 Å². The zero-order valence-electron chi connectivity index (χ0n) is 16.6. The Hall–Kier alpha value is -1.74. The molecule has 0 aromatic heterocycles. The second kappa shape index (κ2) is 8.73. The summed E-state index contributed by atoms with van der Waals surface area (Å²) < 4.78 is 60.3. The second-order valence-electron chi connectivity index (χ2n) is 7.00. The minimum absolute atomic E-state index is 0.0537. The monoisotopic (exact) mass is 426 g/mol. The van der Waals surface area contributed by atoms with Gasteiger partial charge in [-0.1, -0.05) is 42.3 Å². The summed E-state index contributed by atoms with van der Waals surface area (Å²) in [6, 6.07) is 12.6. The maximum Gasteiger partial charge on any atom is 0.297 e. The van der Waals surface area contributed by atoms with Gasteiger partial charge in [0.1, 0.15) is 0 Å². The summed E-state index contributed by atoms with van der Waals surface area (Å²) in [5.41, 5.74) is 1.87. The molecule has 0 amide bonds. The van der Waals surface area contributed by atoms with E-state index in [4.69, 9.17) is 8.37 Å². The van der Waals surface area contributed by atoms with Gasteiger partial charge in [-0.25, -0.2) is 0 Å². The van der Waals surface area contributed by atoms with Crippen molar-refractivity contribution in [3.8, 4) is 0 Å². The summed E-state index contributed by atoms with van der Waals surface area (Å²) >= 11 is 0. The van der Waals surface area contributed by atoms with Crippen LogP contribution in [0.4, 0.5) is 0 Å². The predicted octanol–water partition coefficient (Wildman–Crippen LogP) is 3.83. The highest BCUT2D eigenvalue weighted by molar-refractivity contribution is 7.87. The maximum atomic E-state index is 12.4. The Bertz CT molecular complexity index is 910. The molecule has 2 aromatic carbocycles. The molecule has 28 heavy (non-hydrogen) atoms. The Kier molecular flexibility index (Phi) is 7.03. The van der Waals surface area contributed by atoms with E-state index in [1.165, 1.54) is 24.3 Å². The number of rotatable bonds is 8. The zero-order valence-corrected chi connectivity index (χ0v) is 18.2. The van der Waals surface area contributed by atoms with Crippen LogP contribution >= 0.6 is 0 Å². The summed E-state index contributed by atoms with van der Waals surface area (Å²) in [6.45, 7) is 8.55. The van der Waals surface area contributed by atoms with Crippen molar-refractivity contribution >= 4 is 20.2 Å². The van der Waals surface area contributed by atoms with E-state index < -0.39 is 38.4 Å². The molecule has 0 bridgehead atoms. The number of hydrogen-bond donors (Lipinski definition) is 0. The molecule has 0 saturated heterocycles. The van der Waals surface area contributed by atoms with E-state index in [9.17, 15) is 16.8 Å². The van der Waals surface area contributed by atoms with Gasteiger partial charge in [-0.05, 0) is 52.0 Å². The van der Waals surface area contributed by atoms with E-state index in [0.717, 1.165) is 11.1 Å². The first-order chi connectivity index (χ1) is 12.9. The number of hydrogen-bond acceptors (Lipinski definition) is 6. The van der Waals surface area contributed by atoms with Crippen LogP contribution in [0.1, 0.15) is 31.9 Å². The molecule has 0 aliphatic carbocycles. The fourth-order valence-electron chi connectivity index (χ4n) is 2.48. The molecule has 2 aromatic rings. The second-order valence-corrected chi connectivity index (χ2v) is 10.1. The van der Waals surface area contributed by atoms with Gasteiger partial charge in [0.05, 0.1) is 22.0 Å². The lowest BCUT2D eigenvalue weighted by molar-refractivity contribution is 0.0780. The summed E-state index contributed by atoms with van der Waals surface area (Å²) in [4.78, 5) is 0.107. The summed E-state index contributed by atoms with van der Waals surface area (Å²) in [5, 5.41) is 0. The molecule has 0 N–H and O–H groups in total. The molecule has 6 nitrogen and oxygen atoms in total. The number of aryl methyl sites for hydroxylation is 2. The summed E-state index contributed by atoms with van der Waals surface area (Å²) in [5.74, 6) is -0.500. The van der Waals surface area contributed by atoms with E-state index in [2.05, 4.69) is 0 Å². The topological polar surface area (TPSA) is 86.7 Å². The molecule has 8 heteroatoms. The normalized spacial score (nSPS) is 15.8. The van der Waals surface area contributed by atoms with Crippen LogP contribution in [0.2, 0.25) is 0 Å². The third-order valence-corrected chi connectivity index (χ3v) is 7.47. The van der Waals surface area contributed by atoms with E-state index in [1.54, 1.807) is 45.0 Å². The summed E-state index contributed by atoms with van der Waals surface area (Å²) in [7, 11) is -7.92. The smallest absolute Gasteiger partial charge is 0.263 e. The van der Waals surface area contributed by atoms with Crippen molar-refractivity contribution in [3.05, 3.63) is 59.7 Å². The number of benzene rings is 2. The van der Waals surface area contributed by atoms with Crippen LogP contribution in [0.3, 0.4) is 0 Å². The van der Waals surface area contributed by atoms with Crippen LogP contribution in [0.5, 0.6) is 0 Å². The molecule has 0 saturated carbocycles. The standard InChI is InChI=1S/C20H26O6S2/c1-14-6-10-19(11-7-14)27(21,22)25-17(4)16(3)18(5)26-28(23,24)20-12-8-15(2)9-13-20/h6-13,16-18H,1-5H3. The average molecular weight is 427 g/mol. The van der Waals surface area contributed by atoms with Gasteiger partial charge in [-0.3, -0.25) is 8.37 Å². The zero-order chi connectivity index (χ0) is 21.1. The van der Waals surface area contributed by atoms with Crippen molar-refractivity contribution in [1.29, 1.82) is 0 Å². The predicted molar refractivity (Wildman–Crippen MR) is 107 cm³/mol. The van der Waals surface area contributed by atoms with Crippen LogP contribution in [-0.2, 0) is 28.6 Å². The Morgan fingerprint density at radius 1 is 0.607 bits per heavy atom. The lowest BCUT2D eigenvalue weighted by Crippen LogP contribution is -2.32. The minimum atomic E-state index is -3.96. The molecular weight excluding hydrogens is 400 g/mol. The van der Waals surface area contributed by atoms with E-state index in [0.29, 0.717) is 0 Å². The fourth-order valence-corrected chi connectivity index (χ4v) is 4.79. The fraction of sp³-hybridized carbons (Fsp3) is 0.400. The highest BCUT2D eigenvalue weighted by Gasteiger charge is 2.30. The first-order valence-electron chi connectivity index (χ1n) is 8.92. The van der Waals surface area contributed by atoms with Crippen LogP contribution in [0.15, 0.2) is 58.3 Å². The van der Waals surface area contributed by atoms with Crippen LogP contribution in [0.25, 0.3) is 0 Å². The van der Waals surface area contributed by atoms with Gasteiger partial charge < -0.3 is 0 Å². The molecule has 0 aliphatic heterocycles. The highest BCUT2D eigenvalue weighted by Crippen LogP contribution is 2.24. The van der Waals surface area contributed by atoms with Gasteiger partial charge in [0.2, 0.25) is 0 Å². The molecule has 0 spiro atoms. The molecule has 154 valence electrons. The van der Waals surface area contributed by atoms with Gasteiger partial charge in [0.15, 0.2) is 0 Å². The first kappa shape index (κ1) is 22.5. The van der Waals surface area contributed by atoms with Crippen molar-refractivity contribution in [1.82, 2.24) is 0 Å². The third kappa shape index (κ3) is 5.64. The maximum absolute atomic E-state index is 12.4. The van der Waals surface area contributed by atoms with Crippen LogP contribution < -0.4 is 0 Å². The minimum Gasteiger partial charge on any atom is -0.263 e. The van der Waals surface area contributed by atoms with Crippen molar-refractivity contribution in [2.45, 2.75) is 56.6 Å². The molecule has 0 fully saturated rings. The van der Waals surface area contributed by atoms with E-state index in [1.807, 2.05) is 13.8 Å². The third-order valence-electron chi connectivity index (χ3n) is 4.66.